The third-order valence-corrected chi connectivity index (χ3v) is 7.66. The highest BCUT2D eigenvalue weighted by Gasteiger charge is 2.42. The van der Waals surface area contributed by atoms with E-state index in [0.29, 0.717) is 5.75 Å². The second kappa shape index (κ2) is 8.92. The van der Waals surface area contributed by atoms with Crippen molar-refractivity contribution < 1.29 is 23.1 Å². The smallest absolute Gasteiger partial charge is 0.407 e. The van der Waals surface area contributed by atoms with Crippen molar-refractivity contribution in [2.45, 2.75) is 45.6 Å². The van der Waals surface area contributed by atoms with Gasteiger partial charge in [-0.1, -0.05) is 38.4 Å². The molecule has 0 bridgehead atoms. The first-order valence-corrected chi connectivity index (χ1v) is 12.2. The minimum Gasteiger partial charge on any atom is -0.465 e. The van der Waals surface area contributed by atoms with Crippen LogP contribution in [0.5, 0.6) is 11.5 Å². The van der Waals surface area contributed by atoms with Gasteiger partial charge in [-0.15, -0.1) is 0 Å². The van der Waals surface area contributed by atoms with Crippen molar-refractivity contribution in [3.8, 4) is 11.5 Å². The Labute approximate surface area is 194 Å². The maximum absolute atomic E-state index is 13.7. The first kappa shape index (κ1) is 24.4. The Bertz CT molecular complexity index is 1110. The van der Waals surface area contributed by atoms with Crippen LogP contribution in [0.4, 0.5) is 4.79 Å². The van der Waals surface area contributed by atoms with Crippen LogP contribution >= 0.6 is 11.6 Å². The van der Waals surface area contributed by atoms with Gasteiger partial charge in [-0.2, -0.15) is 4.31 Å². The molecule has 1 atom stereocenters. The summed E-state index contributed by atoms with van der Waals surface area (Å²) in [4.78, 5) is 13.0. The fourth-order valence-corrected chi connectivity index (χ4v) is 5.79. The fraction of sp³-hybridized carbons (Fsp3) is 0.435. The molecule has 2 aromatic rings. The molecule has 1 amide bonds. The predicted molar refractivity (Wildman–Crippen MR) is 124 cm³/mol. The SMILES string of the molecule is Cc1cc(C)cc(Oc2ccc(Cl)cc2S(=O)(=O)N2CCN(C(=O)O)C(C(C)(C)C)C2)c1. The zero-order chi connectivity index (χ0) is 23.8. The lowest BCUT2D eigenvalue weighted by atomic mass is 9.85. The molecule has 1 saturated heterocycles. The maximum Gasteiger partial charge on any atom is 0.407 e. The topological polar surface area (TPSA) is 87.2 Å². The molecule has 0 spiro atoms. The third-order valence-electron chi connectivity index (χ3n) is 5.54. The number of aryl methyl sites for hydroxylation is 2. The monoisotopic (exact) mass is 480 g/mol. The molecule has 9 heteroatoms. The summed E-state index contributed by atoms with van der Waals surface area (Å²) in [5, 5.41) is 9.86. The molecular formula is C23H29ClN2O5S. The van der Waals surface area contributed by atoms with Gasteiger partial charge in [0.05, 0.1) is 6.04 Å². The minimum absolute atomic E-state index is 0.0411. The van der Waals surface area contributed by atoms with Crippen molar-refractivity contribution in [3.63, 3.8) is 0 Å². The summed E-state index contributed by atoms with van der Waals surface area (Å²) in [5.41, 5.74) is 1.55. The number of amides is 1. The zero-order valence-electron chi connectivity index (χ0n) is 18.9. The van der Waals surface area contributed by atoms with E-state index in [0.717, 1.165) is 11.1 Å². The van der Waals surface area contributed by atoms with Gasteiger partial charge in [0.1, 0.15) is 16.4 Å². The fourth-order valence-electron chi connectivity index (χ4n) is 3.97. The quantitative estimate of drug-likeness (QED) is 0.654. The molecule has 1 aliphatic rings. The lowest BCUT2D eigenvalue weighted by Gasteiger charge is -2.45. The van der Waals surface area contributed by atoms with E-state index in [-0.39, 0.29) is 35.3 Å². The van der Waals surface area contributed by atoms with Crippen LogP contribution in [0.25, 0.3) is 0 Å². The first-order chi connectivity index (χ1) is 14.8. The number of hydrogen-bond acceptors (Lipinski definition) is 4. The number of halogens is 1. The number of piperazine rings is 1. The number of benzene rings is 2. The molecular weight excluding hydrogens is 452 g/mol. The van der Waals surface area contributed by atoms with Crippen LogP contribution in [0.3, 0.4) is 0 Å². The van der Waals surface area contributed by atoms with Gasteiger partial charge in [0.25, 0.3) is 0 Å². The molecule has 1 aliphatic heterocycles. The van der Waals surface area contributed by atoms with Crippen molar-refractivity contribution in [2.24, 2.45) is 5.41 Å². The molecule has 32 heavy (non-hydrogen) atoms. The van der Waals surface area contributed by atoms with Crippen LogP contribution in [0.2, 0.25) is 5.02 Å². The van der Waals surface area contributed by atoms with Crippen molar-refractivity contribution in [3.05, 3.63) is 52.5 Å². The zero-order valence-corrected chi connectivity index (χ0v) is 20.5. The summed E-state index contributed by atoms with van der Waals surface area (Å²) in [5.74, 6) is 0.705. The summed E-state index contributed by atoms with van der Waals surface area (Å²) in [6.45, 7) is 9.77. The van der Waals surface area contributed by atoms with Crippen molar-refractivity contribution in [1.29, 1.82) is 0 Å². The average molecular weight is 481 g/mol. The molecule has 0 saturated carbocycles. The van der Waals surface area contributed by atoms with E-state index in [1.807, 2.05) is 52.8 Å². The lowest BCUT2D eigenvalue weighted by molar-refractivity contribution is 0.0457. The summed E-state index contributed by atoms with van der Waals surface area (Å²) in [6, 6.07) is 9.68. The van der Waals surface area contributed by atoms with Crippen LogP contribution in [-0.4, -0.2) is 54.5 Å². The van der Waals surface area contributed by atoms with Gasteiger partial charge >= 0.3 is 6.09 Å². The van der Waals surface area contributed by atoms with Crippen molar-refractivity contribution in [2.75, 3.05) is 19.6 Å². The molecule has 0 radical (unpaired) electrons. The van der Waals surface area contributed by atoms with E-state index in [1.165, 1.54) is 15.3 Å². The molecule has 1 heterocycles. The van der Waals surface area contributed by atoms with Crippen molar-refractivity contribution in [1.82, 2.24) is 9.21 Å². The molecule has 1 N–H and O–H groups in total. The van der Waals surface area contributed by atoms with Gasteiger partial charge in [0.2, 0.25) is 10.0 Å². The Morgan fingerprint density at radius 3 is 2.28 bits per heavy atom. The number of ether oxygens (including phenoxy) is 1. The third kappa shape index (κ3) is 5.19. The Kier molecular flexibility index (Phi) is 6.79. The van der Waals surface area contributed by atoms with Gasteiger partial charge in [0.15, 0.2) is 0 Å². The van der Waals surface area contributed by atoms with E-state index in [2.05, 4.69) is 0 Å². The number of rotatable bonds is 4. The number of sulfonamides is 1. The Hall–Kier alpha value is -2.29. The minimum atomic E-state index is -3.99. The van der Waals surface area contributed by atoms with Crippen LogP contribution in [0, 0.1) is 19.3 Å². The van der Waals surface area contributed by atoms with Crippen LogP contribution in [0.1, 0.15) is 31.9 Å². The number of hydrogen-bond donors (Lipinski definition) is 1. The second-order valence-corrected chi connectivity index (χ2v) is 11.6. The normalized spacial score (nSPS) is 17.9. The molecule has 1 fully saturated rings. The van der Waals surface area contributed by atoms with E-state index in [1.54, 1.807) is 12.1 Å². The van der Waals surface area contributed by atoms with Crippen LogP contribution in [-0.2, 0) is 10.0 Å². The van der Waals surface area contributed by atoms with Crippen LogP contribution in [0.15, 0.2) is 41.3 Å². The van der Waals surface area contributed by atoms with E-state index < -0.39 is 27.6 Å². The van der Waals surface area contributed by atoms with Gasteiger partial charge in [0, 0.05) is 24.7 Å². The number of carbonyl (C=O) groups is 1. The van der Waals surface area contributed by atoms with Gasteiger partial charge in [-0.3, -0.25) is 0 Å². The largest absolute Gasteiger partial charge is 0.465 e. The van der Waals surface area contributed by atoms with E-state index in [4.69, 9.17) is 16.3 Å². The van der Waals surface area contributed by atoms with Gasteiger partial charge < -0.3 is 14.7 Å². The Balaban J connectivity index is 1.99. The standard InChI is InChI=1S/C23H29ClN2O5S/c1-15-10-16(2)12-18(11-15)31-19-7-6-17(24)13-20(19)32(29,30)25-8-9-26(22(27)28)21(14-25)23(3,4)5/h6-7,10-13,21H,8-9,14H2,1-5H3,(H,27,28). The number of carboxylic acid groups (broad SMARTS) is 1. The maximum atomic E-state index is 13.7. The number of nitrogens with zero attached hydrogens (tertiary/aromatic N) is 2. The Morgan fingerprint density at radius 2 is 1.72 bits per heavy atom. The van der Waals surface area contributed by atoms with Gasteiger partial charge in [-0.25, -0.2) is 13.2 Å². The molecule has 0 aromatic heterocycles. The molecule has 7 nitrogen and oxygen atoms in total. The van der Waals surface area contributed by atoms with E-state index in [9.17, 15) is 18.3 Å². The van der Waals surface area contributed by atoms with Gasteiger partial charge in [-0.05, 0) is 60.7 Å². The average Bonchev–Trinajstić information content (AvgIpc) is 2.67. The molecule has 1 unspecified atom stereocenters. The summed E-state index contributed by atoms with van der Waals surface area (Å²) in [7, 11) is -3.99. The second-order valence-electron chi connectivity index (χ2n) is 9.24. The highest BCUT2D eigenvalue weighted by molar-refractivity contribution is 7.89. The first-order valence-electron chi connectivity index (χ1n) is 10.3. The highest BCUT2D eigenvalue weighted by Crippen LogP contribution is 2.36. The molecule has 0 aliphatic carbocycles. The van der Waals surface area contributed by atoms with E-state index >= 15 is 0 Å². The Morgan fingerprint density at radius 1 is 1.09 bits per heavy atom. The molecule has 174 valence electrons. The predicted octanol–water partition coefficient (Wildman–Crippen LogP) is 5.15. The molecule has 3 rings (SSSR count). The summed E-state index contributed by atoms with van der Waals surface area (Å²) >= 11 is 6.16. The summed E-state index contributed by atoms with van der Waals surface area (Å²) in [6.07, 6.45) is -1.05. The van der Waals surface area contributed by atoms with Crippen molar-refractivity contribution >= 4 is 27.7 Å². The van der Waals surface area contributed by atoms with Crippen LogP contribution < -0.4 is 4.74 Å². The molecule has 2 aromatic carbocycles. The highest BCUT2D eigenvalue weighted by atomic mass is 35.5. The lowest BCUT2D eigenvalue weighted by Crippen LogP contribution is -2.60. The summed E-state index contributed by atoms with van der Waals surface area (Å²) < 4.78 is 34.6.